The highest BCUT2D eigenvalue weighted by molar-refractivity contribution is 6.29. The van der Waals surface area contributed by atoms with Gasteiger partial charge >= 0.3 is 61.9 Å². The first-order valence-corrected chi connectivity index (χ1v) is 12.9. The lowest BCUT2D eigenvalue weighted by molar-refractivity contribution is -0.344. The van der Waals surface area contributed by atoms with Gasteiger partial charge in [0.05, 0.1) is 0 Å². The highest BCUT2D eigenvalue weighted by Crippen LogP contribution is 2.41. The van der Waals surface area contributed by atoms with Gasteiger partial charge in [-0.2, -0.15) is 35.1 Å². The summed E-state index contributed by atoms with van der Waals surface area (Å²) in [5.41, 5.74) is -3.54. The number of alkyl halides is 12. The van der Waals surface area contributed by atoms with Crippen molar-refractivity contribution in [2.75, 3.05) is 13.2 Å². The van der Waals surface area contributed by atoms with Crippen LogP contribution >= 0.6 is 46.4 Å². The third-order valence-electron chi connectivity index (χ3n) is 3.75. The van der Waals surface area contributed by atoms with Crippen LogP contribution in [0.5, 0.6) is 0 Å². The van der Waals surface area contributed by atoms with Crippen molar-refractivity contribution in [3.05, 3.63) is 0 Å². The van der Waals surface area contributed by atoms with Crippen molar-refractivity contribution in [1.82, 2.24) is 0 Å². The van der Waals surface area contributed by atoms with Crippen LogP contribution in [0.15, 0.2) is 0 Å². The average molecular weight is 810 g/mol. The Bertz CT molecular complexity index is 1010. The van der Waals surface area contributed by atoms with Crippen LogP contribution in [0.1, 0.15) is 0 Å². The van der Waals surface area contributed by atoms with Crippen molar-refractivity contribution < 1.29 is 121 Å². The van der Waals surface area contributed by atoms with E-state index in [-0.39, 0.29) is 13.2 Å². The number of cyclic esters (lactones) is 12. The van der Waals surface area contributed by atoms with Crippen molar-refractivity contribution >= 4 is 83.3 Å². The molecular formula is C18H12Cl4F8O18. The minimum atomic E-state index is -4.84. The molecule has 18 nitrogen and oxygen atoms in total. The average Bonchev–Trinajstić information content (AvgIpc) is 3.75. The fraction of sp³-hybridized carbons (Fsp3) is 0.667. The zero-order valence-corrected chi connectivity index (χ0v) is 24.9. The van der Waals surface area contributed by atoms with Gasteiger partial charge in [0.15, 0.2) is 6.61 Å². The Morgan fingerprint density at radius 2 is 0.833 bits per heavy atom. The summed E-state index contributed by atoms with van der Waals surface area (Å²) in [6.45, 7) is -0.0980. The largest absolute Gasteiger partial charge is 0.518 e. The molecule has 6 aliphatic heterocycles. The predicted molar refractivity (Wildman–Crippen MR) is 123 cm³/mol. The zero-order valence-electron chi connectivity index (χ0n) is 21.9. The molecule has 0 bridgehead atoms. The summed E-state index contributed by atoms with van der Waals surface area (Å²) in [6, 6.07) is 0. The maximum Gasteiger partial charge on any atom is 0.518 e. The smallest absolute Gasteiger partial charge is 0.429 e. The summed E-state index contributed by atoms with van der Waals surface area (Å²) in [5, 5.41) is 0. The van der Waals surface area contributed by atoms with E-state index in [9.17, 15) is 63.9 Å². The molecule has 276 valence electrons. The second-order valence-corrected chi connectivity index (χ2v) is 9.01. The molecule has 8 unspecified atom stereocenters. The molecule has 0 radical (unpaired) electrons. The number of rotatable bonds is 0. The Labute approximate surface area is 277 Å². The van der Waals surface area contributed by atoms with Crippen LogP contribution in [0.25, 0.3) is 0 Å². The molecule has 0 aliphatic carbocycles. The summed E-state index contributed by atoms with van der Waals surface area (Å²) in [7, 11) is 0. The second-order valence-electron chi connectivity index (χ2n) is 7.23. The number of hydrogen-bond acceptors (Lipinski definition) is 18. The van der Waals surface area contributed by atoms with Crippen LogP contribution in [0.3, 0.4) is 0 Å². The fourth-order valence-electron chi connectivity index (χ4n) is 1.92. The quantitative estimate of drug-likeness (QED) is 0.127. The summed E-state index contributed by atoms with van der Waals surface area (Å²) in [6.07, 6.45) is -24.4. The van der Waals surface area contributed by atoms with E-state index < -0.39 is 96.8 Å². The normalized spacial score (nSPS) is 32.5. The third-order valence-corrected chi connectivity index (χ3v) is 5.01. The molecular weight excluding hydrogens is 798 g/mol. The van der Waals surface area contributed by atoms with Crippen LogP contribution in [-0.2, 0) is 56.8 Å². The summed E-state index contributed by atoms with van der Waals surface area (Å²) < 4.78 is 139. The van der Waals surface area contributed by atoms with Gasteiger partial charge in [0.1, 0.15) is 6.61 Å². The van der Waals surface area contributed by atoms with Gasteiger partial charge in [-0.05, 0) is 0 Å². The Kier molecular flexibility index (Phi) is 16.4. The first kappa shape index (κ1) is 42.2. The molecule has 6 rings (SSSR count). The SMILES string of the molecule is O=C1OC(Cl)C(Cl)O1.O=C1OC(F)(F)C(F)(F)O1.O=C1OC(F)C(Cl)O1.O=C1OC(F)C(F)O1.O=C1OCC(Cl)O1.O=C1OCC(F)O1. The molecule has 0 amide bonds. The summed E-state index contributed by atoms with van der Waals surface area (Å²) in [5.74, 6) is 0. The van der Waals surface area contributed by atoms with Crippen molar-refractivity contribution in [2.45, 2.75) is 59.9 Å². The first-order valence-electron chi connectivity index (χ1n) is 11.1. The maximum absolute atomic E-state index is 11.9. The molecule has 48 heavy (non-hydrogen) atoms. The molecule has 6 fully saturated rings. The maximum atomic E-state index is 11.9. The zero-order chi connectivity index (χ0) is 37.0. The van der Waals surface area contributed by atoms with Crippen LogP contribution in [0.4, 0.5) is 63.9 Å². The number of hydrogen-bond donors (Lipinski definition) is 0. The van der Waals surface area contributed by atoms with Gasteiger partial charge in [0.25, 0.3) is 12.7 Å². The topological polar surface area (TPSA) is 213 Å². The Hall–Kier alpha value is -3.78. The monoisotopic (exact) mass is 808 g/mol. The second kappa shape index (κ2) is 18.7. The molecule has 0 saturated carbocycles. The molecule has 6 heterocycles. The molecule has 30 heteroatoms. The number of carbonyl (C=O) groups is 6. The van der Waals surface area contributed by atoms with E-state index in [1.165, 1.54) is 0 Å². The lowest BCUT2D eigenvalue weighted by Crippen LogP contribution is -2.36. The van der Waals surface area contributed by atoms with Crippen LogP contribution in [0, 0.1) is 0 Å². The first-order chi connectivity index (χ1) is 22.0. The third kappa shape index (κ3) is 15.0. The molecule has 0 N–H and O–H groups in total. The van der Waals surface area contributed by atoms with Gasteiger partial charge in [-0.1, -0.05) is 46.4 Å². The lowest BCUT2D eigenvalue weighted by Gasteiger charge is -2.09. The summed E-state index contributed by atoms with van der Waals surface area (Å²) in [4.78, 5) is 59.0. The van der Waals surface area contributed by atoms with E-state index in [4.69, 9.17) is 46.4 Å². The van der Waals surface area contributed by atoms with Gasteiger partial charge in [-0.25, -0.2) is 28.8 Å². The van der Waals surface area contributed by atoms with Crippen molar-refractivity contribution in [3.8, 4) is 0 Å². The van der Waals surface area contributed by atoms with E-state index in [2.05, 4.69) is 56.8 Å². The minimum absolute atomic E-state index is 0.167. The van der Waals surface area contributed by atoms with Crippen molar-refractivity contribution in [1.29, 1.82) is 0 Å². The molecule has 6 saturated heterocycles. The Morgan fingerprint density at radius 1 is 0.458 bits per heavy atom. The van der Waals surface area contributed by atoms with Gasteiger partial charge in [0, 0.05) is 0 Å². The standard InChI is InChI=1S/C3H2Cl2O3.C3H2ClFO3.C3H3ClO3.C3F4O3.C3H2F2O3.C3H3FO3/c2*4-1-2(5)8-3(6)7-1;4-2-1-6-3(5)7-2;4-2(5)3(6,7)10-1(8)9-2;4-1-2(5)8-3(6)7-1;4-2-1-6-3(5)7-2/h2*1-2H;2H,1H2;;1-2H;2H,1H2. The van der Waals surface area contributed by atoms with Crippen LogP contribution in [0.2, 0.25) is 0 Å². The molecule has 6 aliphatic rings. The van der Waals surface area contributed by atoms with E-state index in [1.807, 2.05) is 0 Å². The molecule has 8 atom stereocenters. The fourth-order valence-corrected chi connectivity index (χ4v) is 2.43. The Balaban J connectivity index is 0.000000289. The van der Waals surface area contributed by atoms with Gasteiger partial charge < -0.3 is 56.8 Å². The predicted octanol–water partition coefficient (Wildman–Crippen LogP) is 5.55. The number of carbonyl (C=O) groups excluding carboxylic acids is 6. The lowest BCUT2D eigenvalue weighted by atomic mass is 10.6. The highest BCUT2D eigenvalue weighted by Gasteiger charge is 2.70. The minimum Gasteiger partial charge on any atom is -0.429 e. The summed E-state index contributed by atoms with van der Waals surface area (Å²) >= 11 is 20.8. The van der Waals surface area contributed by atoms with E-state index >= 15 is 0 Å². The molecule has 0 spiro atoms. The molecule has 0 aromatic heterocycles. The van der Waals surface area contributed by atoms with Gasteiger partial charge in [-0.15, -0.1) is 0 Å². The van der Waals surface area contributed by atoms with E-state index in [1.54, 1.807) is 0 Å². The van der Waals surface area contributed by atoms with Gasteiger partial charge in [0.2, 0.25) is 22.3 Å². The highest BCUT2D eigenvalue weighted by atomic mass is 35.5. The molecule has 0 aromatic carbocycles. The van der Waals surface area contributed by atoms with Crippen LogP contribution in [-0.4, -0.2) is 110 Å². The van der Waals surface area contributed by atoms with Crippen molar-refractivity contribution in [3.63, 3.8) is 0 Å². The molecule has 0 aromatic rings. The van der Waals surface area contributed by atoms with E-state index in [0.29, 0.717) is 0 Å². The number of ether oxygens (including phenoxy) is 12. The number of halogens is 12. The van der Waals surface area contributed by atoms with Crippen LogP contribution < -0.4 is 0 Å². The van der Waals surface area contributed by atoms with E-state index in [0.717, 1.165) is 0 Å². The van der Waals surface area contributed by atoms with Gasteiger partial charge in [-0.3, -0.25) is 0 Å². The Morgan fingerprint density at radius 3 is 0.958 bits per heavy atom. The van der Waals surface area contributed by atoms with Crippen molar-refractivity contribution in [2.24, 2.45) is 0 Å².